The largest absolute Gasteiger partial charge is 0.389 e. The highest BCUT2D eigenvalue weighted by Crippen LogP contribution is 2.07. The van der Waals surface area contributed by atoms with Crippen molar-refractivity contribution in [3.63, 3.8) is 0 Å². The predicted molar refractivity (Wildman–Crippen MR) is 72.1 cm³/mol. The Kier molecular flexibility index (Phi) is 22.4. The topological polar surface area (TPSA) is 66.4 Å². The molecular formula is C13H29NO3. The van der Waals surface area contributed by atoms with Crippen LogP contribution in [0.1, 0.15) is 47.5 Å². The normalized spacial score (nSPS) is 10.6. The Balaban J connectivity index is -0.000000275. The van der Waals surface area contributed by atoms with Gasteiger partial charge in [0, 0.05) is 12.5 Å². The number of ketones is 1. The van der Waals surface area contributed by atoms with E-state index in [1.165, 1.54) is 0 Å². The van der Waals surface area contributed by atoms with Crippen LogP contribution in [0.25, 0.3) is 0 Å². The van der Waals surface area contributed by atoms with E-state index in [1.54, 1.807) is 6.92 Å². The van der Waals surface area contributed by atoms with Crippen LogP contribution in [0.3, 0.4) is 0 Å². The molecule has 0 aromatic heterocycles. The van der Waals surface area contributed by atoms with Gasteiger partial charge in [-0.25, -0.2) is 0 Å². The molecule has 0 rings (SSSR count). The lowest BCUT2D eigenvalue weighted by Crippen LogP contribution is -2.28. The van der Waals surface area contributed by atoms with E-state index in [9.17, 15) is 4.79 Å². The van der Waals surface area contributed by atoms with Crippen LogP contribution in [-0.2, 0) is 9.59 Å². The fourth-order valence-electron chi connectivity index (χ4n) is 1.22. The molecule has 0 bridgehead atoms. The second-order valence-electron chi connectivity index (χ2n) is 3.87. The van der Waals surface area contributed by atoms with Crippen molar-refractivity contribution in [2.75, 3.05) is 13.7 Å². The second kappa shape index (κ2) is 17.6. The van der Waals surface area contributed by atoms with Crippen LogP contribution in [0.15, 0.2) is 0 Å². The molecule has 0 aliphatic heterocycles. The van der Waals surface area contributed by atoms with Crippen LogP contribution in [0, 0.1) is 5.92 Å². The predicted octanol–water partition coefficient (Wildman–Crippen LogP) is 1.80. The molecule has 0 aliphatic carbocycles. The molecule has 0 saturated heterocycles. The Bertz CT molecular complexity index is 170. The number of carbonyl (C=O) groups excluding carboxylic acids is 2. The first-order chi connectivity index (χ1) is 7.97. The van der Waals surface area contributed by atoms with Gasteiger partial charge in [0.1, 0.15) is 12.1 Å². The highest BCUT2D eigenvalue weighted by atomic mass is 16.3. The summed E-state index contributed by atoms with van der Waals surface area (Å²) in [4.78, 5) is 19.7. The minimum Gasteiger partial charge on any atom is -0.389 e. The summed E-state index contributed by atoms with van der Waals surface area (Å²) in [5.41, 5.74) is 0. The molecule has 104 valence electrons. The highest BCUT2D eigenvalue weighted by Gasteiger charge is 2.09. The van der Waals surface area contributed by atoms with E-state index in [0.29, 0.717) is 24.7 Å². The summed E-state index contributed by atoms with van der Waals surface area (Å²) in [5.74, 6) is 0.928. The first-order valence-electron chi connectivity index (χ1n) is 6.19. The maximum atomic E-state index is 10.8. The van der Waals surface area contributed by atoms with Gasteiger partial charge >= 0.3 is 0 Å². The molecule has 0 fully saturated rings. The van der Waals surface area contributed by atoms with Gasteiger partial charge in [-0.05, 0) is 26.3 Å². The summed E-state index contributed by atoms with van der Waals surface area (Å²) < 4.78 is 0. The second-order valence-corrected chi connectivity index (χ2v) is 3.87. The number of aliphatic hydroxyl groups is 1. The van der Waals surface area contributed by atoms with Crippen LogP contribution >= 0.6 is 0 Å². The van der Waals surface area contributed by atoms with E-state index < -0.39 is 0 Å². The van der Waals surface area contributed by atoms with Crippen LogP contribution < -0.4 is 5.32 Å². The number of rotatable bonds is 6. The summed E-state index contributed by atoms with van der Waals surface area (Å²) in [5, 5.41) is 10.7. The van der Waals surface area contributed by atoms with Gasteiger partial charge in [0.15, 0.2) is 0 Å². The summed E-state index contributed by atoms with van der Waals surface area (Å²) in [6.45, 7) is 9.62. The third-order valence-electron chi connectivity index (χ3n) is 1.77. The van der Waals surface area contributed by atoms with Crippen molar-refractivity contribution in [1.29, 1.82) is 0 Å². The Morgan fingerprint density at radius 2 is 1.76 bits per heavy atom. The Morgan fingerprint density at radius 1 is 1.35 bits per heavy atom. The molecule has 17 heavy (non-hydrogen) atoms. The molecule has 0 spiro atoms. The molecule has 0 aromatic carbocycles. The number of aldehydes is 1. The molecule has 1 atom stereocenters. The van der Waals surface area contributed by atoms with Crippen molar-refractivity contribution < 1.29 is 14.7 Å². The van der Waals surface area contributed by atoms with E-state index in [4.69, 9.17) is 9.90 Å². The molecule has 0 aliphatic rings. The minimum absolute atomic E-state index is 0.269. The molecule has 0 radical (unpaired) electrons. The van der Waals surface area contributed by atoms with Gasteiger partial charge < -0.3 is 15.2 Å². The van der Waals surface area contributed by atoms with Gasteiger partial charge in [-0.2, -0.15) is 0 Å². The third kappa shape index (κ3) is 25.5. The molecule has 0 heterocycles. The zero-order valence-corrected chi connectivity index (χ0v) is 12.1. The van der Waals surface area contributed by atoms with Gasteiger partial charge in [0.2, 0.25) is 0 Å². The molecule has 1 unspecified atom stereocenters. The number of hydrogen-bond acceptors (Lipinski definition) is 4. The zero-order valence-electron chi connectivity index (χ0n) is 12.1. The maximum Gasteiger partial charge on any atom is 0.145 e. The minimum atomic E-state index is -0.361. The van der Waals surface area contributed by atoms with E-state index in [-0.39, 0.29) is 12.4 Å². The Hall–Kier alpha value is -0.740. The molecule has 0 aromatic rings. The summed E-state index contributed by atoms with van der Waals surface area (Å²) >= 11 is 0. The van der Waals surface area contributed by atoms with Gasteiger partial charge in [-0.1, -0.05) is 27.7 Å². The summed E-state index contributed by atoms with van der Waals surface area (Å²) in [6.07, 6.45) is 2.17. The quantitative estimate of drug-likeness (QED) is 0.702. The van der Waals surface area contributed by atoms with E-state index in [1.807, 2.05) is 20.9 Å². The van der Waals surface area contributed by atoms with Crippen LogP contribution in [0.5, 0.6) is 0 Å². The fraction of sp³-hybridized carbons (Fsp3) is 0.846. The maximum absolute atomic E-state index is 10.8. The highest BCUT2D eigenvalue weighted by molar-refractivity contribution is 5.76. The van der Waals surface area contributed by atoms with Crippen LogP contribution in [-0.4, -0.2) is 36.9 Å². The zero-order chi connectivity index (χ0) is 14.3. The molecule has 4 heteroatoms. The smallest absolute Gasteiger partial charge is 0.145 e. The summed E-state index contributed by atoms with van der Waals surface area (Å²) in [6, 6.07) is 0.368. The average molecular weight is 247 g/mol. The first kappa shape index (κ1) is 21.5. The SMILES string of the molecule is CC.CNC(CC(C)=O)CC(C)C.O=CCO. The van der Waals surface area contributed by atoms with Crippen molar-refractivity contribution in [3.05, 3.63) is 0 Å². The standard InChI is InChI=1S/C9H19NO.C2H4O2.C2H6/c1-7(2)5-9(10-4)6-8(3)11;3-1-2-4;1-2/h7,9-10H,5-6H2,1-4H3;1,4H,2H2;1-2H3. The number of Topliss-reactive ketones (excluding diaryl/α,β-unsaturated/α-hetero) is 1. The van der Waals surface area contributed by atoms with Crippen LogP contribution in [0.4, 0.5) is 0 Å². The lowest BCUT2D eigenvalue weighted by molar-refractivity contribution is -0.117. The van der Waals surface area contributed by atoms with E-state index in [2.05, 4.69) is 19.2 Å². The first-order valence-corrected chi connectivity index (χ1v) is 6.19. The number of hydrogen-bond donors (Lipinski definition) is 2. The molecular weight excluding hydrogens is 218 g/mol. The van der Waals surface area contributed by atoms with Crippen molar-refractivity contribution >= 4 is 12.1 Å². The molecule has 0 saturated carbocycles. The third-order valence-corrected chi connectivity index (χ3v) is 1.77. The van der Waals surface area contributed by atoms with Gasteiger partial charge in [0.05, 0.1) is 6.61 Å². The van der Waals surface area contributed by atoms with Crippen LogP contribution in [0.2, 0.25) is 0 Å². The monoisotopic (exact) mass is 247 g/mol. The lowest BCUT2D eigenvalue weighted by atomic mass is 10.00. The number of nitrogens with one attached hydrogen (secondary N) is 1. The van der Waals surface area contributed by atoms with Crippen molar-refractivity contribution in [2.45, 2.75) is 53.5 Å². The van der Waals surface area contributed by atoms with Crippen molar-refractivity contribution in [2.24, 2.45) is 5.92 Å². The summed E-state index contributed by atoms with van der Waals surface area (Å²) in [7, 11) is 1.91. The van der Waals surface area contributed by atoms with Crippen molar-refractivity contribution in [1.82, 2.24) is 5.32 Å². The molecule has 0 amide bonds. The van der Waals surface area contributed by atoms with E-state index in [0.717, 1.165) is 6.42 Å². The Morgan fingerprint density at radius 3 is 1.94 bits per heavy atom. The Labute approximate surface area is 106 Å². The van der Waals surface area contributed by atoms with Gasteiger partial charge in [0.25, 0.3) is 0 Å². The van der Waals surface area contributed by atoms with Gasteiger partial charge in [-0.15, -0.1) is 0 Å². The number of carbonyl (C=O) groups is 2. The molecule has 2 N–H and O–H groups in total. The average Bonchev–Trinajstić information content (AvgIpc) is 2.30. The van der Waals surface area contributed by atoms with Crippen molar-refractivity contribution in [3.8, 4) is 0 Å². The molecule has 4 nitrogen and oxygen atoms in total. The van der Waals surface area contributed by atoms with E-state index >= 15 is 0 Å². The lowest BCUT2D eigenvalue weighted by Gasteiger charge is -2.16. The number of aliphatic hydroxyl groups excluding tert-OH is 1. The fourth-order valence-corrected chi connectivity index (χ4v) is 1.22. The van der Waals surface area contributed by atoms with Gasteiger partial charge in [-0.3, -0.25) is 4.79 Å².